The van der Waals surface area contributed by atoms with Crippen molar-refractivity contribution in [2.45, 2.75) is 58.2 Å². The second-order valence-electron chi connectivity index (χ2n) is 5.79. The van der Waals surface area contributed by atoms with E-state index < -0.39 is 54.3 Å². The average molecular weight is 346 g/mol. The van der Waals surface area contributed by atoms with Gasteiger partial charge < -0.3 is 29.2 Å². The van der Waals surface area contributed by atoms with Crippen molar-refractivity contribution in [1.29, 1.82) is 0 Å². The summed E-state index contributed by atoms with van der Waals surface area (Å²) < 4.78 is 15.5. The van der Waals surface area contributed by atoms with Gasteiger partial charge >= 0.3 is 11.9 Å². The van der Waals surface area contributed by atoms with Crippen molar-refractivity contribution >= 4 is 23.5 Å². The summed E-state index contributed by atoms with van der Waals surface area (Å²) in [4.78, 5) is 46.4. The molecule has 0 saturated carbocycles. The molecule has 1 rings (SSSR count). The minimum Gasteiger partial charge on any atom is -0.458 e. The summed E-state index contributed by atoms with van der Waals surface area (Å²) in [6.45, 7) is 3.58. The fraction of sp³-hybridized carbons (Fsp3) is 0.733. The minimum absolute atomic E-state index is 0.240. The highest BCUT2D eigenvalue weighted by molar-refractivity contribution is 5.87. The Morgan fingerprint density at radius 2 is 1.58 bits per heavy atom. The van der Waals surface area contributed by atoms with Crippen LogP contribution in [0.1, 0.15) is 34.1 Å². The predicted octanol–water partition coefficient (Wildman–Crippen LogP) is -0.886. The van der Waals surface area contributed by atoms with E-state index in [2.05, 4.69) is 0 Å². The van der Waals surface area contributed by atoms with Gasteiger partial charge in [-0.1, -0.05) is 0 Å². The van der Waals surface area contributed by atoms with Crippen LogP contribution >= 0.6 is 0 Å². The van der Waals surface area contributed by atoms with Crippen molar-refractivity contribution < 1.29 is 43.6 Å². The zero-order valence-electron chi connectivity index (χ0n) is 14.0. The highest BCUT2D eigenvalue weighted by atomic mass is 16.7. The molecule has 0 radical (unpaired) electrons. The summed E-state index contributed by atoms with van der Waals surface area (Å²) in [5.41, 5.74) is -2.10. The third kappa shape index (κ3) is 4.16. The summed E-state index contributed by atoms with van der Waals surface area (Å²) in [6, 6.07) is 0. The van der Waals surface area contributed by atoms with E-state index >= 15 is 0 Å². The van der Waals surface area contributed by atoms with Gasteiger partial charge in [-0.3, -0.25) is 14.4 Å². The molecular formula is C15H22O9. The number of rotatable bonds is 6. The summed E-state index contributed by atoms with van der Waals surface area (Å²) in [7, 11) is 0. The molecule has 2 N–H and O–H groups in total. The molecule has 0 aliphatic carbocycles. The van der Waals surface area contributed by atoms with Crippen molar-refractivity contribution in [3.8, 4) is 0 Å². The van der Waals surface area contributed by atoms with E-state index in [0.717, 1.165) is 20.8 Å². The Bertz CT molecular complexity index is 529. The molecule has 0 unspecified atom stereocenters. The van der Waals surface area contributed by atoms with Gasteiger partial charge in [0, 0.05) is 20.3 Å². The molecule has 1 aliphatic heterocycles. The monoisotopic (exact) mass is 346 g/mol. The number of ketones is 2. The van der Waals surface area contributed by atoms with Gasteiger partial charge in [-0.25, -0.2) is 0 Å². The van der Waals surface area contributed by atoms with E-state index in [9.17, 15) is 29.4 Å². The molecule has 1 fully saturated rings. The zero-order chi connectivity index (χ0) is 18.7. The molecule has 0 spiro atoms. The first-order valence-corrected chi connectivity index (χ1v) is 7.36. The number of hydrogen-bond acceptors (Lipinski definition) is 9. The van der Waals surface area contributed by atoms with E-state index in [-0.39, 0.29) is 12.2 Å². The minimum atomic E-state index is -2.10. The number of aliphatic hydroxyl groups is 2. The van der Waals surface area contributed by atoms with E-state index in [1.165, 1.54) is 6.92 Å². The Kier molecular flexibility index (Phi) is 6.58. The number of carbonyl (C=O) groups excluding carboxylic acids is 4. The lowest BCUT2D eigenvalue weighted by atomic mass is 9.78. The molecule has 1 heterocycles. The normalized spacial score (nSPS) is 32.8. The van der Waals surface area contributed by atoms with Crippen LogP contribution in [0.5, 0.6) is 0 Å². The van der Waals surface area contributed by atoms with Crippen LogP contribution in [0, 0.1) is 5.92 Å². The van der Waals surface area contributed by atoms with Gasteiger partial charge in [0.2, 0.25) is 0 Å². The van der Waals surface area contributed by atoms with Gasteiger partial charge in [-0.2, -0.15) is 0 Å². The Morgan fingerprint density at radius 1 is 1.04 bits per heavy atom. The number of aliphatic hydroxyl groups excluding tert-OH is 2. The smallest absolute Gasteiger partial charge is 0.303 e. The molecule has 136 valence electrons. The van der Waals surface area contributed by atoms with Gasteiger partial charge in [-0.05, 0) is 13.8 Å². The molecular weight excluding hydrogens is 324 g/mol. The Labute approximate surface area is 138 Å². The van der Waals surface area contributed by atoms with Gasteiger partial charge in [0.15, 0.2) is 29.9 Å². The number of esters is 2. The molecule has 9 nitrogen and oxygen atoms in total. The van der Waals surface area contributed by atoms with E-state index in [0.29, 0.717) is 0 Å². The lowest BCUT2D eigenvalue weighted by Gasteiger charge is -2.48. The first kappa shape index (κ1) is 20.2. The van der Waals surface area contributed by atoms with Crippen molar-refractivity contribution in [2.75, 3.05) is 6.61 Å². The van der Waals surface area contributed by atoms with Crippen molar-refractivity contribution in [1.82, 2.24) is 0 Å². The maximum Gasteiger partial charge on any atom is 0.303 e. The largest absolute Gasteiger partial charge is 0.458 e. The molecule has 24 heavy (non-hydrogen) atoms. The summed E-state index contributed by atoms with van der Waals surface area (Å²) >= 11 is 0. The second-order valence-corrected chi connectivity index (χ2v) is 5.79. The standard InChI is InChI=1S/C15H22O9/c1-7(17)5-11-12(22-9(3)19)13(23-10(4)20)15(6-16,8(2)18)24-14(11)21/h11-14,16,21H,5-6H2,1-4H3/t11-,12+,13+,14-,15-/m0/s1. The molecule has 1 saturated heterocycles. The van der Waals surface area contributed by atoms with E-state index in [4.69, 9.17) is 14.2 Å². The van der Waals surface area contributed by atoms with E-state index in [1.807, 2.05) is 0 Å². The van der Waals surface area contributed by atoms with Crippen LogP contribution in [0.15, 0.2) is 0 Å². The number of ether oxygens (including phenoxy) is 3. The fourth-order valence-corrected chi connectivity index (χ4v) is 2.77. The van der Waals surface area contributed by atoms with Gasteiger partial charge in [0.05, 0.1) is 12.5 Å². The lowest BCUT2D eigenvalue weighted by Crippen LogP contribution is -2.68. The highest BCUT2D eigenvalue weighted by Crippen LogP contribution is 2.38. The van der Waals surface area contributed by atoms with Gasteiger partial charge in [0.25, 0.3) is 0 Å². The number of Topliss-reactive ketones (excluding diaryl/α,β-unsaturated/α-hetero) is 2. The Hall–Kier alpha value is -1.84. The van der Waals surface area contributed by atoms with E-state index in [1.54, 1.807) is 0 Å². The molecule has 5 atom stereocenters. The highest BCUT2D eigenvalue weighted by Gasteiger charge is 2.60. The summed E-state index contributed by atoms with van der Waals surface area (Å²) in [5, 5.41) is 19.9. The van der Waals surface area contributed by atoms with Gasteiger partial charge in [-0.15, -0.1) is 0 Å². The second kappa shape index (κ2) is 7.82. The zero-order valence-corrected chi connectivity index (χ0v) is 14.0. The molecule has 0 aromatic rings. The third-order valence-electron chi connectivity index (χ3n) is 3.83. The first-order valence-electron chi connectivity index (χ1n) is 7.36. The van der Waals surface area contributed by atoms with Crippen LogP contribution in [0.4, 0.5) is 0 Å². The lowest BCUT2D eigenvalue weighted by molar-refractivity contribution is -0.306. The Morgan fingerprint density at radius 3 is 1.96 bits per heavy atom. The molecule has 0 bridgehead atoms. The van der Waals surface area contributed by atoms with Crippen LogP contribution in [0.3, 0.4) is 0 Å². The molecule has 0 amide bonds. The number of carbonyl (C=O) groups is 4. The van der Waals surface area contributed by atoms with Crippen LogP contribution in [-0.2, 0) is 33.4 Å². The van der Waals surface area contributed by atoms with Crippen molar-refractivity contribution in [3.05, 3.63) is 0 Å². The molecule has 1 aliphatic rings. The quantitative estimate of drug-likeness (QED) is 0.587. The van der Waals surface area contributed by atoms with Crippen molar-refractivity contribution in [2.24, 2.45) is 5.92 Å². The maximum absolute atomic E-state index is 12.1. The first-order chi connectivity index (χ1) is 11.0. The van der Waals surface area contributed by atoms with Gasteiger partial charge in [0.1, 0.15) is 5.78 Å². The molecule has 0 aromatic heterocycles. The van der Waals surface area contributed by atoms with Crippen LogP contribution < -0.4 is 0 Å². The summed E-state index contributed by atoms with van der Waals surface area (Å²) in [6.07, 6.45) is -4.76. The topological polar surface area (TPSA) is 136 Å². The van der Waals surface area contributed by atoms with Crippen LogP contribution in [0.2, 0.25) is 0 Å². The molecule has 9 heteroatoms. The SMILES string of the molecule is CC(=O)C[C@H]1[C@@H](OC(C)=O)[C@@H](OC(C)=O)[C@](CO)(C(C)=O)O[C@@H]1O. The predicted molar refractivity (Wildman–Crippen MR) is 77.5 cm³/mol. The average Bonchev–Trinajstić information content (AvgIpc) is 2.44. The fourth-order valence-electron chi connectivity index (χ4n) is 2.77. The summed E-state index contributed by atoms with van der Waals surface area (Å²) in [5.74, 6) is -3.70. The molecule has 0 aromatic carbocycles. The van der Waals surface area contributed by atoms with Crippen LogP contribution in [0.25, 0.3) is 0 Å². The Balaban J connectivity index is 3.42. The maximum atomic E-state index is 12.1. The number of hydrogen-bond donors (Lipinski definition) is 2. The van der Waals surface area contributed by atoms with Crippen LogP contribution in [-0.4, -0.2) is 64.4 Å². The van der Waals surface area contributed by atoms with Crippen molar-refractivity contribution in [3.63, 3.8) is 0 Å². The third-order valence-corrected chi connectivity index (χ3v) is 3.83.